The number of rotatable bonds is 6. The number of aliphatic hydroxyl groups is 1. The molecule has 4 nitrogen and oxygen atoms in total. The van der Waals surface area contributed by atoms with Gasteiger partial charge in [0.15, 0.2) is 0 Å². The van der Waals surface area contributed by atoms with E-state index in [1.54, 1.807) is 0 Å². The molecule has 144 valence electrons. The third kappa shape index (κ3) is 4.52. The molecule has 4 rings (SSSR count). The molecular formula is C23H30N2O2. The second-order valence-electron chi connectivity index (χ2n) is 7.93. The van der Waals surface area contributed by atoms with Crippen LogP contribution in [0.1, 0.15) is 24.0 Å². The number of hydrogen-bond acceptors (Lipinski definition) is 4. The smallest absolute Gasteiger partial charge is 0.123 e. The van der Waals surface area contributed by atoms with Crippen molar-refractivity contribution in [3.8, 4) is 5.75 Å². The SMILES string of the molecule is O[C@@]12CCNC[C@@H]1CN(Cc1ccccc1OCCc1ccccc1)CC2. The topological polar surface area (TPSA) is 44.7 Å². The molecule has 2 aliphatic heterocycles. The molecule has 0 amide bonds. The van der Waals surface area contributed by atoms with Crippen LogP contribution in [-0.4, -0.2) is 48.4 Å². The van der Waals surface area contributed by atoms with Gasteiger partial charge in [0.2, 0.25) is 0 Å². The molecule has 2 N–H and O–H groups in total. The maximum absolute atomic E-state index is 10.9. The van der Waals surface area contributed by atoms with E-state index < -0.39 is 5.60 Å². The number of fused-ring (bicyclic) bond motifs is 1. The normalized spacial score (nSPS) is 25.7. The maximum atomic E-state index is 10.9. The zero-order valence-electron chi connectivity index (χ0n) is 15.9. The van der Waals surface area contributed by atoms with Crippen molar-refractivity contribution in [3.63, 3.8) is 0 Å². The quantitative estimate of drug-likeness (QED) is 0.825. The van der Waals surface area contributed by atoms with Crippen molar-refractivity contribution in [1.82, 2.24) is 10.2 Å². The van der Waals surface area contributed by atoms with Crippen molar-refractivity contribution in [2.24, 2.45) is 5.92 Å². The van der Waals surface area contributed by atoms with E-state index in [4.69, 9.17) is 4.74 Å². The van der Waals surface area contributed by atoms with Crippen LogP contribution < -0.4 is 10.1 Å². The van der Waals surface area contributed by atoms with Crippen molar-refractivity contribution in [1.29, 1.82) is 0 Å². The zero-order valence-corrected chi connectivity index (χ0v) is 15.9. The largest absolute Gasteiger partial charge is 0.493 e. The summed E-state index contributed by atoms with van der Waals surface area (Å²) in [4.78, 5) is 2.46. The fraction of sp³-hybridized carbons (Fsp3) is 0.478. The first-order valence-electron chi connectivity index (χ1n) is 10.1. The molecule has 2 heterocycles. The monoisotopic (exact) mass is 366 g/mol. The van der Waals surface area contributed by atoms with Gasteiger partial charge in [-0.3, -0.25) is 4.90 Å². The summed E-state index contributed by atoms with van der Waals surface area (Å²) in [5.74, 6) is 1.31. The standard InChI is InChI=1S/C23H30N2O2/c26-23-11-13-24-16-21(23)18-25(14-12-23)17-20-8-4-5-9-22(20)27-15-10-19-6-2-1-3-7-19/h1-9,21,24,26H,10-18H2/t21-,23-/m1/s1. The molecule has 2 aromatic carbocycles. The van der Waals surface area contributed by atoms with Crippen molar-refractivity contribution >= 4 is 0 Å². The number of ether oxygens (including phenoxy) is 1. The highest BCUT2D eigenvalue weighted by atomic mass is 16.5. The van der Waals surface area contributed by atoms with Crippen LogP contribution in [0.15, 0.2) is 54.6 Å². The van der Waals surface area contributed by atoms with Gasteiger partial charge in [-0.2, -0.15) is 0 Å². The highest BCUT2D eigenvalue weighted by Crippen LogP contribution is 2.34. The second-order valence-corrected chi connectivity index (χ2v) is 7.93. The average Bonchev–Trinajstić information content (AvgIpc) is 2.70. The molecule has 0 spiro atoms. The van der Waals surface area contributed by atoms with Crippen LogP contribution in [0.5, 0.6) is 5.75 Å². The number of likely N-dealkylation sites (tertiary alicyclic amines) is 1. The number of para-hydroxylation sites is 1. The summed E-state index contributed by atoms with van der Waals surface area (Å²) in [5, 5.41) is 14.3. The lowest BCUT2D eigenvalue weighted by molar-refractivity contribution is -0.0900. The molecule has 4 heteroatoms. The van der Waals surface area contributed by atoms with Gasteiger partial charge < -0.3 is 15.2 Å². The number of nitrogens with one attached hydrogen (secondary N) is 1. The lowest BCUT2D eigenvalue weighted by Gasteiger charge is -2.47. The minimum absolute atomic E-state index is 0.325. The van der Waals surface area contributed by atoms with Crippen LogP contribution in [0, 0.1) is 5.92 Å². The van der Waals surface area contributed by atoms with Gasteiger partial charge in [0.1, 0.15) is 5.75 Å². The molecule has 0 saturated carbocycles. The first-order valence-corrected chi connectivity index (χ1v) is 10.1. The Morgan fingerprint density at radius 3 is 2.78 bits per heavy atom. The van der Waals surface area contributed by atoms with E-state index in [0.29, 0.717) is 12.5 Å². The lowest BCUT2D eigenvalue weighted by atomic mass is 9.76. The predicted molar refractivity (Wildman–Crippen MR) is 108 cm³/mol. The van der Waals surface area contributed by atoms with Gasteiger partial charge in [0.05, 0.1) is 12.2 Å². The first-order chi connectivity index (χ1) is 13.2. The Hall–Kier alpha value is -1.88. The minimum atomic E-state index is -0.465. The molecule has 2 fully saturated rings. The Labute approximate surface area is 162 Å². The Balaban J connectivity index is 1.35. The summed E-state index contributed by atoms with van der Waals surface area (Å²) in [6.45, 7) is 5.32. The van der Waals surface area contributed by atoms with E-state index in [1.807, 2.05) is 12.1 Å². The molecule has 2 atom stereocenters. The van der Waals surface area contributed by atoms with Gasteiger partial charge in [-0.25, -0.2) is 0 Å². The summed E-state index contributed by atoms with van der Waals surface area (Å²) in [6.07, 6.45) is 2.67. The summed E-state index contributed by atoms with van der Waals surface area (Å²) in [6, 6.07) is 18.8. The lowest BCUT2D eigenvalue weighted by Crippen LogP contribution is -2.58. The average molecular weight is 367 g/mol. The van der Waals surface area contributed by atoms with E-state index in [-0.39, 0.29) is 0 Å². The molecule has 2 saturated heterocycles. The highest BCUT2D eigenvalue weighted by Gasteiger charge is 2.42. The van der Waals surface area contributed by atoms with Crippen LogP contribution in [0.25, 0.3) is 0 Å². The van der Waals surface area contributed by atoms with Gasteiger partial charge in [-0.05, 0) is 31.0 Å². The van der Waals surface area contributed by atoms with Gasteiger partial charge in [0.25, 0.3) is 0 Å². The van der Waals surface area contributed by atoms with Gasteiger partial charge >= 0.3 is 0 Å². The van der Waals surface area contributed by atoms with Crippen LogP contribution in [-0.2, 0) is 13.0 Å². The minimum Gasteiger partial charge on any atom is -0.493 e. The third-order valence-electron chi connectivity index (χ3n) is 6.08. The van der Waals surface area contributed by atoms with E-state index in [9.17, 15) is 5.11 Å². The van der Waals surface area contributed by atoms with Crippen LogP contribution in [0.2, 0.25) is 0 Å². The van der Waals surface area contributed by atoms with Crippen molar-refractivity contribution < 1.29 is 9.84 Å². The maximum Gasteiger partial charge on any atom is 0.123 e. The first kappa shape index (κ1) is 18.5. The van der Waals surface area contributed by atoms with Crippen LogP contribution in [0.3, 0.4) is 0 Å². The molecule has 0 unspecified atom stereocenters. The summed E-state index contributed by atoms with van der Waals surface area (Å²) in [7, 11) is 0. The van der Waals surface area contributed by atoms with E-state index in [0.717, 1.165) is 57.7 Å². The van der Waals surface area contributed by atoms with E-state index >= 15 is 0 Å². The molecule has 27 heavy (non-hydrogen) atoms. The number of benzene rings is 2. The molecule has 2 aromatic rings. The number of nitrogens with zero attached hydrogens (tertiary/aromatic N) is 1. The third-order valence-corrected chi connectivity index (χ3v) is 6.08. The van der Waals surface area contributed by atoms with Gasteiger partial charge in [-0.15, -0.1) is 0 Å². The Bertz CT molecular complexity index is 736. The van der Waals surface area contributed by atoms with Crippen molar-refractivity contribution in [2.45, 2.75) is 31.4 Å². The number of piperidine rings is 2. The van der Waals surface area contributed by atoms with E-state index in [1.165, 1.54) is 11.1 Å². The van der Waals surface area contributed by atoms with Crippen molar-refractivity contribution in [2.75, 3.05) is 32.8 Å². The fourth-order valence-corrected chi connectivity index (χ4v) is 4.38. The summed E-state index contributed by atoms with van der Waals surface area (Å²) >= 11 is 0. The second kappa shape index (κ2) is 8.42. The van der Waals surface area contributed by atoms with Crippen LogP contribution in [0.4, 0.5) is 0 Å². The number of hydrogen-bond donors (Lipinski definition) is 2. The Kier molecular flexibility index (Phi) is 5.77. The fourth-order valence-electron chi connectivity index (χ4n) is 4.38. The zero-order chi connectivity index (χ0) is 18.5. The van der Waals surface area contributed by atoms with Gasteiger partial charge in [0, 0.05) is 44.1 Å². The predicted octanol–water partition coefficient (Wildman–Crippen LogP) is 2.85. The molecule has 2 aliphatic rings. The summed E-state index contributed by atoms with van der Waals surface area (Å²) < 4.78 is 6.12. The molecule has 0 radical (unpaired) electrons. The van der Waals surface area contributed by atoms with Gasteiger partial charge in [-0.1, -0.05) is 48.5 Å². The van der Waals surface area contributed by atoms with E-state index in [2.05, 4.69) is 52.7 Å². The molecule has 0 aliphatic carbocycles. The Morgan fingerprint density at radius 1 is 1.07 bits per heavy atom. The Morgan fingerprint density at radius 2 is 1.89 bits per heavy atom. The summed E-state index contributed by atoms with van der Waals surface area (Å²) in [5.41, 5.74) is 2.07. The molecular weight excluding hydrogens is 336 g/mol. The van der Waals surface area contributed by atoms with Crippen molar-refractivity contribution in [3.05, 3.63) is 65.7 Å². The highest BCUT2D eigenvalue weighted by molar-refractivity contribution is 5.33. The molecule has 0 aromatic heterocycles. The van der Waals surface area contributed by atoms with Crippen LogP contribution >= 0.6 is 0 Å². The molecule has 0 bridgehead atoms.